The summed E-state index contributed by atoms with van der Waals surface area (Å²) in [6, 6.07) is 19.1. The Labute approximate surface area is 196 Å². The highest BCUT2D eigenvalue weighted by atomic mass is 16.5. The second-order valence-electron chi connectivity index (χ2n) is 8.16. The third-order valence-corrected chi connectivity index (χ3v) is 5.95. The molecule has 0 bridgehead atoms. The molecule has 34 heavy (non-hydrogen) atoms. The van der Waals surface area contributed by atoms with Gasteiger partial charge in [-0.25, -0.2) is 14.6 Å². The molecule has 0 radical (unpaired) electrons. The van der Waals surface area contributed by atoms with Gasteiger partial charge in [0.2, 0.25) is 5.91 Å². The monoisotopic (exact) mass is 453 g/mol. The molecule has 9 heteroatoms. The third-order valence-electron chi connectivity index (χ3n) is 5.95. The van der Waals surface area contributed by atoms with Gasteiger partial charge in [-0.3, -0.25) is 4.79 Å². The van der Waals surface area contributed by atoms with Crippen molar-refractivity contribution < 1.29 is 9.53 Å². The van der Waals surface area contributed by atoms with Crippen LogP contribution in [0.1, 0.15) is 25.3 Å². The van der Waals surface area contributed by atoms with Crippen molar-refractivity contribution >= 4 is 22.8 Å². The highest BCUT2D eigenvalue weighted by Gasteiger charge is 2.28. The van der Waals surface area contributed by atoms with Gasteiger partial charge in [0.15, 0.2) is 5.65 Å². The number of hydrogen-bond acceptors (Lipinski definition) is 7. The van der Waals surface area contributed by atoms with Gasteiger partial charge in [0.1, 0.15) is 35.8 Å². The van der Waals surface area contributed by atoms with E-state index >= 15 is 0 Å². The fourth-order valence-electron chi connectivity index (χ4n) is 4.32. The Hall–Kier alpha value is -4.45. The first-order valence-electron chi connectivity index (χ1n) is 11.1. The van der Waals surface area contributed by atoms with E-state index in [4.69, 9.17) is 20.8 Å². The predicted molar refractivity (Wildman–Crippen MR) is 127 cm³/mol. The van der Waals surface area contributed by atoms with Gasteiger partial charge in [-0.15, -0.1) is 0 Å². The number of para-hydroxylation sites is 1. The maximum atomic E-state index is 12.3. The second-order valence-corrected chi connectivity index (χ2v) is 8.16. The van der Waals surface area contributed by atoms with Crippen LogP contribution in [0.4, 0.5) is 5.82 Å². The van der Waals surface area contributed by atoms with Gasteiger partial charge < -0.3 is 15.4 Å². The number of benzene rings is 2. The molecule has 1 amide bonds. The second kappa shape index (κ2) is 9.19. The number of nitrogen functional groups attached to an aromatic ring is 1. The molecule has 1 aliphatic rings. The van der Waals surface area contributed by atoms with E-state index in [0.29, 0.717) is 41.4 Å². The zero-order valence-corrected chi connectivity index (χ0v) is 18.5. The molecule has 2 aromatic carbocycles. The van der Waals surface area contributed by atoms with Crippen LogP contribution < -0.4 is 10.5 Å². The molecule has 0 aliphatic carbocycles. The van der Waals surface area contributed by atoms with E-state index in [-0.39, 0.29) is 18.4 Å². The highest BCUT2D eigenvalue weighted by molar-refractivity contribution is 5.98. The number of anilines is 1. The lowest BCUT2D eigenvalue weighted by Crippen LogP contribution is -2.40. The Morgan fingerprint density at radius 1 is 1.12 bits per heavy atom. The number of fused-ring (bicyclic) bond motifs is 1. The van der Waals surface area contributed by atoms with Crippen LogP contribution in [0, 0.1) is 11.3 Å². The van der Waals surface area contributed by atoms with Crippen LogP contribution in [0.15, 0.2) is 60.9 Å². The zero-order chi connectivity index (χ0) is 23.5. The first kappa shape index (κ1) is 21.4. The van der Waals surface area contributed by atoms with Crippen LogP contribution >= 0.6 is 0 Å². The van der Waals surface area contributed by atoms with Gasteiger partial charge in [-0.1, -0.05) is 18.2 Å². The molecule has 5 rings (SSSR count). The molecule has 170 valence electrons. The summed E-state index contributed by atoms with van der Waals surface area (Å²) in [4.78, 5) is 22.7. The molecular weight excluding hydrogens is 430 g/mol. The fourth-order valence-corrected chi connectivity index (χ4v) is 4.32. The lowest BCUT2D eigenvalue weighted by Gasteiger charge is -2.32. The molecule has 1 aliphatic heterocycles. The van der Waals surface area contributed by atoms with Gasteiger partial charge in [0.25, 0.3) is 0 Å². The Morgan fingerprint density at radius 3 is 2.65 bits per heavy atom. The van der Waals surface area contributed by atoms with Crippen molar-refractivity contribution in [3.05, 3.63) is 60.9 Å². The van der Waals surface area contributed by atoms with Crippen molar-refractivity contribution in [2.45, 2.75) is 25.3 Å². The van der Waals surface area contributed by atoms with E-state index in [9.17, 15) is 4.79 Å². The standard InChI is InChI=1S/C25H23N7O2/c26-13-12-21(33)31-14-4-5-18(15-31)32-25-22(24(27)28-16-29-25)23(30-32)17-8-10-20(11-9-17)34-19-6-2-1-3-7-19/h1-3,6-11,16,18H,4-5,12,14-15H2,(H2,27,28,29)/t18-/m0/s1. The Balaban J connectivity index is 1.48. The molecule has 1 fully saturated rings. The van der Waals surface area contributed by atoms with Crippen molar-refractivity contribution in [2.75, 3.05) is 18.8 Å². The molecule has 1 saturated heterocycles. The van der Waals surface area contributed by atoms with E-state index in [0.717, 1.165) is 24.2 Å². The Morgan fingerprint density at radius 2 is 1.88 bits per heavy atom. The summed E-state index contributed by atoms with van der Waals surface area (Å²) in [5.41, 5.74) is 8.43. The van der Waals surface area contributed by atoms with Gasteiger partial charge in [0, 0.05) is 18.7 Å². The third kappa shape index (κ3) is 4.13. The SMILES string of the molecule is N#CCC(=O)N1CCC[C@H](n2nc(-c3ccc(Oc4ccccc4)cc3)c3c(N)ncnc32)C1. The van der Waals surface area contributed by atoms with Gasteiger partial charge in [-0.05, 0) is 49.2 Å². The molecule has 4 aromatic rings. The number of aromatic nitrogens is 4. The molecule has 0 unspecified atom stereocenters. The summed E-state index contributed by atoms with van der Waals surface area (Å²) in [7, 11) is 0. The molecule has 0 spiro atoms. The van der Waals surface area contributed by atoms with E-state index in [1.807, 2.05) is 65.3 Å². The Kier molecular flexibility index (Phi) is 5.79. The topological polar surface area (TPSA) is 123 Å². The first-order valence-corrected chi connectivity index (χ1v) is 11.1. The average molecular weight is 454 g/mol. The summed E-state index contributed by atoms with van der Waals surface area (Å²) >= 11 is 0. The minimum atomic E-state index is -0.160. The number of carbonyl (C=O) groups excluding carboxylic acids is 1. The predicted octanol–water partition coefficient (Wildman–Crippen LogP) is 3.94. The largest absolute Gasteiger partial charge is 0.457 e. The van der Waals surface area contributed by atoms with Crippen LogP contribution in [0.25, 0.3) is 22.3 Å². The number of ether oxygens (including phenoxy) is 1. The molecule has 1 atom stereocenters. The van der Waals surface area contributed by atoms with E-state index < -0.39 is 0 Å². The summed E-state index contributed by atoms with van der Waals surface area (Å²) in [5, 5.41) is 14.5. The number of amides is 1. The van der Waals surface area contributed by atoms with Gasteiger partial charge in [0.05, 0.1) is 17.5 Å². The summed E-state index contributed by atoms with van der Waals surface area (Å²) in [6.45, 7) is 1.12. The molecular formula is C25H23N7O2. The lowest BCUT2D eigenvalue weighted by molar-refractivity contribution is -0.131. The fraction of sp³-hybridized carbons (Fsp3) is 0.240. The number of nitriles is 1. The van der Waals surface area contributed by atoms with Crippen LogP contribution in [0.2, 0.25) is 0 Å². The molecule has 9 nitrogen and oxygen atoms in total. The van der Waals surface area contributed by atoms with Crippen LogP contribution in [-0.2, 0) is 4.79 Å². The number of rotatable bonds is 5. The molecule has 0 saturated carbocycles. The molecule has 3 heterocycles. The van der Waals surface area contributed by atoms with Crippen LogP contribution in [0.5, 0.6) is 11.5 Å². The minimum absolute atomic E-state index is 0.0670. The summed E-state index contributed by atoms with van der Waals surface area (Å²) in [6.07, 6.45) is 2.98. The number of likely N-dealkylation sites (tertiary alicyclic amines) is 1. The quantitative estimate of drug-likeness (QED) is 0.485. The first-order chi connectivity index (χ1) is 16.6. The van der Waals surface area contributed by atoms with Crippen molar-refractivity contribution in [2.24, 2.45) is 0 Å². The molecule has 2 aromatic heterocycles. The number of piperidine rings is 1. The van der Waals surface area contributed by atoms with Crippen molar-refractivity contribution in [1.29, 1.82) is 5.26 Å². The number of nitrogens with two attached hydrogens (primary N) is 1. The molecule has 2 N–H and O–H groups in total. The van der Waals surface area contributed by atoms with E-state index in [1.54, 1.807) is 4.90 Å². The van der Waals surface area contributed by atoms with Crippen molar-refractivity contribution in [3.63, 3.8) is 0 Å². The maximum absolute atomic E-state index is 12.3. The number of hydrogen-bond donors (Lipinski definition) is 1. The lowest BCUT2D eigenvalue weighted by atomic mass is 10.1. The minimum Gasteiger partial charge on any atom is -0.457 e. The average Bonchev–Trinajstić information content (AvgIpc) is 3.26. The smallest absolute Gasteiger partial charge is 0.236 e. The van der Waals surface area contributed by atoms with Crippen molar-refractivity contribution in [3.8, 4) is 28.8 Å². The highest BCUT2D eigenvalue weighted by Crippen LogP contribution is 2.34. The summed E-state index contributed by atoms with van der Waals surface area (Å²) in [5.74, 6) is 1.66. The van der Waals surface area contributed by atoms with Crippen LogP contribution in [-0.4, -0.2) is 43.6 Å². The van der Waals surface area contributed by atoms with Gasteiger partial charge in [-0.2, -0.15) is 10.4 Å². The Bertz CT molecular complexity index is 1360. The van der Waals surface area contributed by atoms with E-state index in [1.165, 1.54) is 6.33 Å². The number of nitrogens with zero attached hydrogens (tertiary/aromatic N) is 6. The van der Waals surface area contributed by atoms with Crippen molar-refractivity contribution in [1.82, 2.24) is 24.6 Å². The van der Waals surface area contributed by atoms with Gasteiger partial charge >= 0.3 is 0 Å². The van der Waals surface area contributed by atoms with Crippen LogP contribution in [0.3, 0.4) is 0 Å². The summed E-state index contributed by atoms with van der Waals surface area (Å²) < 4.78 is 7.75. The van der Waals surface area contributed by atoms with E-state index in [2.05, 4.69) is 9.97 Å². The number of carbonyl (C=O) groups is 1. The maximum Gasteiger partial charge on any atom is 0.236 e. The zero-order valence-electron chi connectivity index (χ0n) is 18.5. The normalized spacial score (nSPS) is 15.7.